The Bertz CT molecular complexity index is 887. The summed E-state index contributed by atoms with van der Waals surface area (Å²) < 4.78 is 27.8. The maximum atomic E-state index is 13.9. The SMILES string of the molecule is CCCC1CCC(c2ccc(C#Cc3cc(F)c(SC#N)c(F)c3)cc2)CC1. The summed E-state index contributed by atoms with van der Waals surface area (Å²) in [6.45, 7) is 2.26. The molecule has 0 aliphatic heterocycles. The second kappa shape index (κ2) is 9.76. The number of benzene rings is 2. The Hall–Kier alpha value is -2.30. The zero-order valence-corrected chi connectivity index (χ0v) is 16.8. The van der Waals surface area contributed by atoms with Gasteiger partial charge in [-0.15, -0.1) is 0 Å². The van der Waals surface area contributed by atoms with Crippen LogP contribution in [0.15, 0.2) is 41.3 Å². The van der Waals surface area contributed by atoms with Crippen LogP contribution in [0.25, 0.3) is 0 Å². The van der Waals surface area contributed by atoms with E-state index >= 15 is 0 Å². The molecule has 1 fully saturated rings. The first-order valence-corrected chi connectivity index (χ1v) is 10.6. The molecule has 1 aliphatic rings. The average molecular weight is 396 g/mol. The fraction of sp³-hybridized carbons (Fsp3) is 0.375. The van der Waals surface area contributed by atoms with Crippen LogP contribution in [0.3, 0.4) is 0 Å². The monoisotopic (exact) mass is 395 g/mol. The van der Waals surface area contributed by atoms with Crippen molar-refractivity contribution >= 4 is 11.8 Å². The average Bonchev–Trinajstić information content (AvgIpc) is 2.70. The van der Waals surface area contributed by atoms with Gasteiger partial charge in [-0.05, 0) is 79.1 Å². The van der Waals surface area contributed by atoms with E-state index < -0.39 is 11.6 Å². The van der Waals surface area contributed by atoms with Crippen molar-refractivity contribution in [3.05, 3.63) is 64.7 Å². The van der Waals surface area contributed by atoms with Crippen molar-refractivity contribution in [2.24, 2.45) is 5.92 Å². The van der Waals surface area contributed by atoms with Crippen molar-refractivity contribution < 1.29 is 8.78 Å². The summed E-state index contributed by atoms with van der Waals surface area (Å²) in [5.74, 6) is 5.78. The van der Waals surface area contributed by atoms with Gasteiger partial charge in [0.2, 0.25) is 0 Å². The van der Waals surface area contributed by atoms with Crippen molar-refractivity contribution in [1.82, 2.24) is 0 Å². The third kappa shape index (κ3) is 5.15. The molecule has 0 N–H and O–H groups in total. The van der Waals surface area contributed by atoms with Crippen molar-refractivity contribution in [1.29, 1.82) is 5.26 Å². The summed E-state index contributed by atoms with van der Waals surface area (Å²) >= 11 is 0.477. The van der Waals surface area contributed by atoms with E-state index in [1.165, 1.54) is 56.2 Å². The quantitative estimate of drug-likeness (QED) is 0.316. The second-order valence-corrected chi connectivity index (χ2v) is 8.14. The van der Waals surface area contributed by atoms with Crippen LogP contribution in [-0.2, 0) is 0 Å². The van der Waals surface area contributed by atoms with Gasteiger partial charge in [0, 0.05) is 11.1 Å². The molecule has 0 radical (unpaired) electrons. The number of thioether (sulfide) groups is 1. The van der Waals surface area contributed by atoms with E-state index in [0.29, 0.717) is 17.7 Å². The Labute approximate surface area is 170 Å². The zero-order chi connectivity index (χ0) is 19.9. The van der Waals surface area contributed by atoms with Gasteiger partial charge in [0.15, 0.2) is 0 Å². The molecule has 28 heavy (non-hydrogen) atoms. The van der Waals surface area contributed by atoms with Crippen LogP contribution in [0, 0.1) is 40.1 Å². The molecular formula is C24H23F2NS. The molecule has 2 aromatic rings. The fourth-order valence-electron chi connectivity index (χ4n) is 3.95. The topological polar surface area (TPSA) is 23.8 Å². The predicted octanol–water partition coefficient (Wildman–Crippen LogP) is 7.01. The highest BCUT2D eigenvalue weighted by molar-refractivity contribution is 8.03. The Morgan fingerprint density at radius 3 is 2.14 bits per heavy atom. The molecule has 0 amide bonds. The van der Waals surface area contributed by atoms with Gasteiger partial charge in [0.05, 0.1) is 4.90 Å². The van der Waals surface area contributed by atoms with Gasteiger partial charge in [-0.1, -0.05) is 43.7 Å². The molecule has 0 unspecified atom stereocenters. The molecular weight excluding hydrogens is 372 g/mol. The third-order valence-electron chi connectivity index (χ3n) is 5.42. The Morgan fingerprint density at radius 2 is 1.57 bits per heavy atom. The highest BCUT2D eigenvalue weighted by atomic mass is 32.2. The lowest BCUT2D eigenvalue weighted by Gasteiger charge is -2.28. The summed E-state index contributed by atoms with van der Waals surface area (Å²) in [5, 5.41) is 10.3. The smallest absolute Gasteiger partial charge is 0.142 e. The normalized spacial score (nSPS) is 18.8. The number of hydrogen-bond acceptors (Lipinski definition) is 2. The van der Waals surface area contributed by atoms with Crippen LogP contribution in [-0.4, -0.2) is 0 Å². The summed E-state index contributed by atoms with van der Waals surface area (Å²) in [6.07, 6.45) is 7.76. The molecule has 0 spiro atoms. The summed E-state index contributed by atoms with van der Waals surface area (Å²) in [5.41, 5.74) is 2.44. The Kier molecular flexibility index (Phi) is 7.12. The lowest BCUT2D eigenvalue weighted by Crippen LogP contribution is -2.13. The third-order valence-corrected chi connectivity index (χ3v) is 6.11. The second-order valence-electron chi connectivity index (χ2n) is 7.34. The summed E-state index contributed by atoms with van der Waals surface area (Å²) in [4.78, 5) is -0.286. The summed E-state index contributed by atoms with van der Waals surface area (Å²) in [7, 11) is 0. The molecule has 4 heteroatoms. The largest absolute Gasteiger partial charge is 0.206 e. The van der Waals surface area contributed by atoms with Gasteiger partial charge < -0.3 is 0 Å². The van der Waals surface area contributed by atoms with Crippen molar-refractivity contribution in [2.45, 2.75) is 56.3 Å². The molecule has 1 nitrogen and oxygen atoms in total. The molecule has 3 rings (SSSR count). The van der Waals surface area contributed by atoms with E-state index in [0.717, 1.165) is 11.5 Å². The lowest BCUT2D eigenvalue weighted by atomic mass is 9.77. The number of halogens is 2. The highest BCUT2D eigenvalue weighted by Gasteiger charge is 2.21. The molecule has 144 valence electrons. The van der Waals surface area contributed by atoms with E-state index in [4.69, 9.17) is 5.26 Å². The van der Waals surface area contributed by atoms with E-state index in [9.17, 15) is 8.78 Å². The Morgan fingerprint density at radius 1 is 0.964 bits per heavy atom. The van der Waals surface area contributed by atoms with Crippen LogP contribution in [0.5, 0.6) is 0 Å². The van der Waals surface area contributed by atoms with E-state index in [1.807, 2.05) is 12.1 Å². The van der Waals surface area contributed by atoms with Crippen LogP contribution < -0.4 is 0 Å². The van der Waals surface area contributed by atoms with Gasteiger partial charge in [-0.2, -0.15) is 5.26 Å². The lowest BCUT2D eigenvalue weighted by molar-refractivity contribution is 0.308. The first-order valence-electron chi connectivity index (χ1n) is 9.77. The van der Waals surface area contributed by atoms with Gasteiger partial charge >= 0.3 is 0 Å². The van der Waals surface area contributed by atoms with Crippen molar-refractivity contribution in [3.8, 4) is 17.2 Å². The van der Waals surface area contributed by atoms with Gasteiger partial charge in [-0.25, -0.2) is 8.78 Å². The predicted molar refractivity (Wildman–Crippen MR) is 110 cm³/mol. The highest BCUT2D eigenvalue weighted by Crippen LogP contribution is 2.37. The molecule has 0 atom stereocenters. The molecule has 0 bridgehead atoms. The van der Waals surface area contributed by atoms with E-state index in [-0.39, 0.29) is 10.5 Å². The standard InChI is InChI=1S/C24H23F2NS/c1-2-3-17-6-10-20(11-7-17)21-12-8-18(9-13-21)4-5-19-14-22(25)24(28-16-27)23(26)15-19/h8-9,12-15,17,20H,2-3,6-7,10-11H2,1H3. The maximum Gasteiger partial charge on any atom is 0.142 e. The molecule has 0 heterocycles. The van der Waals surface area contributed by atoms with Crippen molar-refractivity contribution in [3.63, 3.8) is 0 Å². The minimum Gasteiger partial charge on any atom is -0.206 e. The van der Waals surface area contributed by atoms with Crippen LogP contribution in [0.1, 0.15) is 68.1 Å². The fourth-order valence-corrected chi connectivity index (χ4v) is 4.36. The number of nitriles is 1. The molecule has 1 aliphatic carbocycles. The minimum atomic E-state index is -0.759. The Balaban J connectivity index is 1.67. The van der Waals surface area contributed by atoms with E-state index in [1.54, 1.807) is 5.40 Å². The molecule has 0 saturated heterocycles. The number of thiocyanates is 1. The van der Waals surface area contributed by atoms with Crippen LogP contribution in [0.4, 0.5) is 8.78 Å². The number of nitrogens with zero attached hydrogens (tertiary/aromatic N) is 1. The minimum absolute atomic E-state index is 0.260. The van der Waals surface area contributed by atoms with Crippen molar-refractivity contribution in [2.75, 3.05) is 0 Å². The summed E-state index contributed by atoms with van der Waals surface area (Å²) in [6, 6.07) is 10.5. The van der Waals surface area contributed by atoms with Gasteiger partial charge in [0.1, 0.15) is 17.0 Å². The number of rotatable bonds is 4. The first kappa shape index (κ1) is 20.4. The van der Waals surface area contributed by atoms with Gasteiger partial charge in [-0.3, -0.25) is 0 Å². The molecule has 0 aromatic heterocycles. The van der Waals surface area contributed by atoms with Crippen LogP contribution >= 0.6 is 11.8 Å². The van der Waals surface area contributed by atoms with Gasteiger partial charge in [0.25, 0.3) is 0 Å². The first-order chi connectivity index (χ1) is 13.6. The zero-order valence-electron chi connectivity index (χ0n) is 16.0. The van der Waals surface area contributed by atoms with E-state index in [2.05, 4.69) is 30.9 Å². The number of hydrogen-bond donors (Lipinski definition) is 0. The molecule has 2 aromatic carbocycles. The van der Waals surface area contributed by atoms with Crippen LogP contribution in [0.2, 0.25) is 0 Å². The maximum absolute atomic E-state index is 13.9. The molecule has 1 saturated carbocycles.